The predicted molar refractivity (Wildman–Crippen MR) is 86.0 cm³/mol. The van der Waals surface area contributed by atoms with Crippen LogP contribution in [0.1, 0.15) is 21.6 Å². The molecule has 0 atom stereocenters. The van der Waals surface area contributed by atoms with Crippen LogP contribution in [-0.2, 0) is 0 Å². The second-order valence-corrected chi connectivity index (χ2v) is 5.15. The highest BCUT2D eigenvalue weighted by molar-refractivity contribution is 5.87. The van der Waals surface area contributed by atoms with Crippen molar-refractivity contribution in [3.05, 3.63) is 69.8 Å². The summed E-state index contributed by atoms with van der Waals surface area (Å²) in [6.45, 7) is 1.76. The number of aromatic amines is 1. The van der Waals surface area contributed by atoms with Crippen molar-refractivity contribution < 1.29 is 9.90 Å². The van der Waals surface area contributed by atoms with Crippen molar-refractivity contribution in [1.82, 2.24) is 14.8 Å². The minimum Gasteiger partial charge on any atom is -0.478 e. The molecule has 0 unspecified atom stereocenters. The van der Waals surface area contributed by atoms with Crippen molar-refractivity contribution in [1.29, 1.82) is 5.26 Å². The van der Waals surface area contributed by atoms with Crippen LogP contribution in [0.3, 0.4) is 0 Å². The van der Waals surface area contributed by atoms with Gasteiger partial charge in [-0.05, 0) is 36.8 Å². The average Bonchev–Trinajstić information content (AvgIpc) is 2.89. The normalized spacial score (nSPS) is 10.3. The number of carbonyl (C=O) groups is 1. The number of hydrogen-bond donors (Lipinski definition) is 2. The highest BCUT2D eigenvalue weighted by Gasteiger charge is 2.15. The molecular weight excluding hydrogens is 308 g/mol. The maximum Gasteiger partial charge on any atom is 0.337 e. The molecule has 0 bridgehead atoms. The number of aryl methyl sites for hydroxylation is 1. The van der Waals surface area contributed by atoms with E-state index < -0.39 is 5.97 Å². The standard InChI is InChI=1S/C17H12N4O3/c1-10-15(12-4-2-11(8-18)3-5-12)16(22)21(20-10)14-7-6-13(9-19-14)17(23)24/h2-7,9,20H,1H3,(H,23,24). The van der Waals surface area contributed by atoms with Gasteiger partial charge in [0.25, 0.3) is 5.56 Å². The van der Waals surface area contributed by atoms with Crippen molar-refractivity contribution in [3.8, 4) is 23.0 Å². The van der Waals surface area contributed by atoms with Crippen LogP contribution in [0.4, 0.5) is 0 Å². The second kappa shape index (κ2) is 5.85. The number of nitriles is 1. The first-order valence-corrected chi connectivity index (χ1v) is 7.03. The van der Waals surface area contributed by atoms with Crippen LogP contribution >= 0.6 is 0 Å². The molecule has 0 saturated heterocycles. The molecule has 24 heavy (non-hydrogen) atoms. The summed E-state index contributed by atoms with van der Waals surface area (Å²) < 4.78 is 1.26. The van der Waals surface area contributed by atoms with Gasteiger partial charge in [-0.15, -0.1) is 0 Å². The third kappa shape index (κ3) is 2.57. The predicted octanol–water partition coefficient (Wildman–Crippen LogP) is 2.11. The lowest BCUT2D eigenvalue weighted by Gasteiger charge is -2.00. The Kier molecular flexibility index (Phi) is 3.72. The number of nitrogens with zero attached hydrogens (tertiary/aromatic N) is 3. The molecule has 0 spiro atoms. The molecule has 1 aromatic carbocycles. The molecule has 0 saturated carbocycles. The van der Waals surface area contributed by atoms with Crippen molar-refractivity contribution >= 4 is 5.97 Å². The van der Waals surface area contributed by atoms with Gasteiger partial charge in [0.05, 0.1) is 22.8 Å². The Labute approximate surface area is 136 Å². The topological polar surface area (TPSA) is 112 Å². The first kappa shape index (κ1) is 15.2. The highest BCUT2D eigenvalue weighted by atomic mass is 16.4. The van der Waals surface area contributed by atoms with Gasteiger partial charge >= 0.3 is 5.97 Å². The van der Waals surface area contributed by atoms with E-state index in [1.165, 1.54) is 23.0 Å². The van der Waals surface area contributed by atoms with Gasteiger partial charge in [0, 0.05) is 11.9 Å². The Balaban J connectivity index is 2.07. The molecule has 2 heterocycles. The van der Waals surface area contributed by atoms with Gasteiger partial charge in [0.1, 0.15) is 0 Å². The number of rotatable bonds is 3. The summed E-state index contributed by atoms with van der Waals surface area (Å²) in [7, 11) is 0. The Hall–Kier alpha value is -3.66. The van der Waals surface area contributed by atoms with E-state index in [2.05, 4.69) is 10.1 Å². The molecule has 2 N–H and O–H groups in total. The summed E-state index contributed by atoms with van der Waals surface area (Å²) in [6, 6.07) is 11.6. The number of pyridine rings is 1. The number of H-pyrrole nitrogens is 1. The van der Waals surface area contributed by atoms with E-state index in [1.54, 1.807) is 31.2 Å². The van der Waals surface area contributed by atoms with E-state index in [9.17, 15) is 9.59 Å². The Morgan fingerprint density at radius 2 is 1.96 bits per heavy atom. The van der Waals surface area contributed by atoms with Crippen LogP contribution in [-0.4, -0.2) is 25.8 Å². The van der Waals surface area contributed by atoms with Gasteiger partial charge in [-0.2, -0.15) is 5.26 Å². The van der Waals surface area contributed by atoms with Crippen molar-refractivity contribution in [2.24, 2.45) is 0 Å². The molecule has 118 valence electrons. The molecule has 3 aromatic rings. The van der Waals surface area contributed by atoms with E-state index in [-0.39, 0.29) is 11.1 Å². The maximum absolute atomic E-state index is 12.7. The molecule has 0 fully saturated rings. The molecule has 0 radical (unpaired) electrons. The fourth-order valence-electron chi connectivity index (χ4n) is 2.40. The Bertz CT molecular complexity index is 1010. The number of carboxylic acid groups (broad SMARTS) is 1. The molecule has 0 amide bonds. The van der Waals surface area contributed by atoms with E-state index in [0.29, 0.717) is 28.2 Å². The quantitative estimate of drug-likeness (QED) is 0.767. The number of benzene rings is 1. The van der Waals surface area contributed by atoms with Gasteiger partial charge in [-0.25, -0.2) is 14.5 Å². The fourth-order valence-corrected chi connectivity index (χ4v) is 2.40. The summed E-state index contributed by atoms with van der Waals surface area (Å²) in [6.07, 6.45) is 1.20. The summed E-state index contributed by atoms with van der Waals surface area (Å²) in [5.41, 5.74) is 2.07. The molecule has 0 aliphatic rings. The van der Waals surface area contributed by atoms with E-state index >= 15 is 0 Å². The van der Waals surface area contributed by atoms with Crippen LogP contribution < -0.4 is 5.56 Å². The molecule has 0 aliphatic carbocycles. The van der Waals surface area contributed by atoms with Gasteiger partial charge in [0.15, 0.2) is 5.82 Å². The minimum absolute atomic E-state index is 0.0439. The number of hydrogen-bond acceptors (Lipinski definition) is 4. The summed E-state index contributed by atoms with van der Waals surface area (Å²) in [4.78, 5) is 27.6. The van der Waals surface area contributed by atoms with Gasteiger partial charge < -0.3 is 5.11 Å². The van der Waals surface area contributed by atoms with E-state index in [1.807, 2.05) is 6.07 Å². The Morgan fingerprint density at radius 1 is 1.25 bits per heavy atom. The summed E-state index contributed by atoms with van der Waals surface area (Å²) >= 11 is 0. The lowest BCUT2D eigenvalue weighted by molar-refractivity contribution is 0.0696. The lowest BCUT2D eigenvalue weighted by Crippen LogP contribution is -2.17. The zero-order chi connectivity index (χ0) is 17.3. The van der Waals surface area contributed by atoms with Crippen LogP contribution in [0.5, 0.6) is 0 Å². The van der Waals surface area contributed by atoms with Crippen molar-refractivity contribution in [2.75, 3.05) is 0 Å². The number of aromatic nitrogens is 3. The summed E-state index contributed by atoms with van der Waals surface area (Å²) in [5, 5.41) is 20.7. The summed E-state index contributed by atoms with van der Waals surface area (Å²) in [5.74, 6) is -0.782. The van der Waals surface area contributed by atoms with Gasteiger partial charge in [-0.1, -0.05) is 12.1 Å². The van der Waals surface area contributed by atoms with Crippen molar-refractivity contribution in [3.63, 3.8) is 0 Å². The smallest absolute Gasteiger partial charge is 0.337 e. The first-order valence-electron chi connectivity index (χ1n) is 7.03. The van der Waals surface area contributed by atoms with Crippen LogP contribution in [0.2, 0.25) is 0 Å². The van der Waals surface area contributed by atoms with E-state index in [4.69, 9.17) is 10.4 Å². The monoisotopic (exact) mass is 320 g/mol. The third-order valence-corrected chi connectivity index (χ3v) is 3.60. The maximum atomic E-state index is 12.7. The number of nitrogens with one attached hydrogen (secondary N) is 1. The highest BCUT2D eigenvalue weighted by Crippen LogP contribution is 2.20. The minimum atomic E-state index is -1.08. The van der Waals surface area contributed by atoms with Gasteiger partial charge in [-0.3, -0.25) is 9.89 Å². The molecule has 3 rings (SSSR count). The number of carboxylic acids is 1. The molecule has 7 heteroatoms. The fraction of sp³-hybridized carbons (Fsp3) is 0.0588. The molecule has 0 aliphatic heterocycles. The molecule has 2 aromatic heterocycles. The van der Waals surface area contributed by atoms with Crippen molar-refractivity contribution in [2.45, 2.75) is 6.92 Å². The lowest BCUT2D eigenvalue weighted by atomic mass is 10.1. The van der Waals surface area contributed by atoms with Gasteiger partial charge in [0.2, 0.25) is 0 Å². The number of aromatic carboxylic acids is 1. The SMILES string of the molecule is Cc1[nH]n(-c2ccc(C(=O)O)cn2)c(=O)c1-c1ccc(C#N)cc1. The largest absolute Gasteiger partial charge is 0.478 e. The van der Waals surface area contributed by atoms with Crippen LogP contribution in [0, 0.1) is 18.3 Å². The average molecular weight is 320 g/mol. The van der Waals surface area contributed by atoms with Crippen LogP contribution in [0.15, 0.2) is 47.4 Å². The first-order chi connectivity index (χ1) is 11.5. The van der Waals surface area contributed by atoms with Crippen LogP contribution in [0.25, 0.3) is 16.9 Å². The van der Waals surface area contributed by atoms with E-state index in [0.717, 1.165) is 0 Å². The third-order valence-electron chi connectivity index (χ3n) is 3.60. The zero-order valence-electron chi connectivity index (χ0n) is 12.6. The Morgan fingerprint density at radius 3 is 2.50 bits per heavy atom. The molecular formula is C17H12N4O3. The molecule has 7 nitrogen and oxygen atoms in total. The second-order valence-electron chi connectivity index (χ2n) is 5.15. The zero-order valence-corrected chi connectivity index (χ0v) is 12.6.